The van der Waals surface area contributed by atoms with Crippen molar-refractivity contribution in [1.29, 1.82) is 0 Å². The number of benzene rings is 2. The smallest absolute Gasteiger partial charge is 0.253 e. The molecular formula is C21H26N2O3S2. The fourth-order valence-electron chi connectivity index (χ4n) is 3.50. The molecule has 28 heavy (non-hydrogen) atoms. The predicted octanol–water partition coefficient (Wildman–Crippen LogP) is 3.31. The summed E-state index contributed by atoms with van der Waals surface area (Å²) >= 11 is 1.72. The van der Waals surface area contributed by atoms with Gasteiger partial charge in [0.05, 0.1) is 4.90 Å². The fraction of sp³-hybridized carbons (Fsp3) is 0.381. The van der Waals surface area contributed by atoms with Gasteiger partial charge in [0.15, 0.2) is 0 Å². The number of thioether (sulfide) groups is 1. The lowest BCUT2D eigenvalue weighted by atomic mass is 10.1. The molecule has 0 bridgehead atoms. The van der Waals surface area contributed by atoms with Crippen molar-refractivity contribution in [3.05, 3.63) is 64.7 Å². The molecule has 0 atom stereocenters. The molecular weight excluding hydrogens is 392 g/mol. The standard InChI is InChI=1S/C21H26N2O3S2/c1-16-7-8-20(17(2)13-16)28(25,26)23-11-9-22(10-12-23)21(24)19-6-4-5-18(14-19)15-27-3/h4-8,13-14H,9-12,15H2,1-3H3. The van der Waals surface area contributed by atoms with Crippen LogP contribution in [0.2, 0.25) is 0 Å². The van der Waals surface area contributed by atoms with Crippen LogP contribution in [0.5, 0.6) is 0 Å². The Bertz CT molecular complexity index is 965. The van der Waals surface area contributed by atoms with Gasteiger partial charge in [-0.15, -0.1) is 0 Å². The molecule has 2 aromatic carbocycles. The molecule has 0 radical (unpaired) electrons. The number of carbonyl (C=O) groups is 1. The van der Waals surface area contributed by atoms with Gasteiger partial charge in [-0.1, -0.05) is 29.8 Å². The molecule has 3 rings (SSSR count). The first kappa shape index (κ1) is 20.9. The van der Waals surface area contributed by atoms with Gasteiger partial charge in [0, 0.05) is 37.5 Å². The molecule has 1 fully saturated rings. The van der Waals surface area contributed by atoms with Crippen LogP contribution in [0.1, 0.15) is 27.0 Å². The monoisotopic (exact) mass is 418 g/mol. The summed E-state index contributed by atoms with van der Waals surface area (Å²) in [7, 11) is -3.54. The van der Waals surface area contributed by atoms with E-state index in [9.17, 15) is 13.2 Å². The Morgan fingerprint density at radius 2 is 1.75 bits per heavy atom. The maximum absolute atomic E-state index is 13.0. The van der Waals surface area contributed by atoms with Gasteiger partial charge in [0.1, 0.15) is 0 Å². The van der Waals surface area contributed by atoms with Crippen molar-refractivity contribution in [2.24, 2.45) is 0 Å². The van der Waals surface area contributed by atoms with Gasteiger partial charge in [0.2, 0.25) is 10.0 Å². The summed E-state index contributed by atoms with van der Waals surface area (Å²) in [6, 6.07) is 13.0. The second kappa shape index (κ2) is 8.68. The summed E-state index contributed by atoms with van der Waals surface area (Å²) in [6.07, 6.45) is 2.03. The topological polar surface area (TPSA) is 57.7 Å². The van der Waals surface area contributed by atoms with E-state index in [1.807, 2.05) is 56.5 Å². The van der Waals surface area contributed by atoms with Crippen molar-refractivity contribution in [3.63, 3.8) is 0 Å². The average molecular weight is 419 g/mol. The van der Waals surface area contributed by atoms with Crippen LogP contribution in [0.4, 0.5) is 0 Å². The molecule has 1 aliphatic heterocycles. The molecule has 0 N–H and O–H groups in total. The van der Waals surface area contributed by atoms with Crippen molar-refractivity contribution < 1.29 is 13.2 Å². The third kappa shape index (κ3) is 4.42. The van der Waals surface area contributed by atoms with E-state index in [4.69, 9.17) is 0 Å². The molecule has 150 valence electrons. The Labute approximate surface area is 171 Å². The van der Waals surface area contributed by atoms with Crippen LogP contribution in [-0.2, 0) is 15.8 Å². The number of hydrogen-bond acceptors (Lipinski definition) is 4. The lowest BCUT2D eigenvalue weighted by molar-refractivity contribution is 0.0697. The maximum atomic E-state index is 13.0. The van der Waals surface area contributed by atoms with Crippen LogP contribution in [0.15, 0.2) is 47.4 Å². The Balaban J connectivity index is 1.70. The van der Waals surface area contributed by atoms with Crippen molar-refractivity contribution in [2.45, 2.75) is 24.5 Å². The van der Waals surface area contributed by atoms with E-state index in [-0.39, 0.29) is 5.91 Å². The van der Waals surface area contributed by atoms with Crippen molar-refractivity contribution in [1.82, 2.24) is 9.21 Å². The van der Waals surface area contributed by atoms with E-state index in [1.54, 1.807) is 22.7 Å². The maximum Gasteiger partial charge on any atom is 0.253 e. The van der Waals surface area contributed by atoms with E-state index >= 15 is 0 Å². The molecule has 0 aliphatic carbocycles. The summed E-state index contributed by atoms with van der Waals surface area (Å²) in [6.45, 7) is 5.19. The highest BCUT2D eigenvalue weighted by atomic mass is 32.2. The average Bonchev–Trinajstić information content (AvgIpc) is 2.68. The lowest BCUT2D eigenvalue weighted by Crippen LogP contribution is -2.50. The molecule has 0 unspecified atom stereocenters. The highest BCUT2D eigenvalue weighted by Gasteiger charge is 2.31. The first-order chi connectivity index (χ1) is 13.3. The van der Waals surface area contributed by atoms with Crippen molar-refractivity contribution >= 4 is 27.7 Å². The van der Waals surface area contributed by atoms with Crippen LogP contribution in [0.3, 0.4) is 0 Å². The second-order valence-corrected chi connectivity index (χ2v) is 9.87. The number of aryl methyl sites for hydroxylation is 2. The van der Waals surface area contributed by atoms with Gasteiger partial charge < -0.3 is 4.90 Å². The SMILES string of the molecule is CSCc1cccc(C(=O)N2CCN(S(=O)(=O)c3ccc(C)cc3C)CC2)c1. The van der Waals surface area contributed by atoms with Crippen LogP contribution in [0, 0.1) is 13.8 Å². The normalized spacial score (nSPS) is 15.6. The van der Waals surface area contributed by atoms with Crippen LogP contribution >= 0.6 is 11.8 Å². The zero-order valence-electron chi connectivity index (χ0n) is 16.5. The minimum atomic E-state index is -3.54. The number of amides is 1. The Morgan fingerprint density at radius 1 is 1.04 bits per heavy atom. The zero-order valence-corrected chi connectivity index (χ0v) is 18.1. The molecule has 1 amide bonds. The Kier molecular flexibility index (Phi) is 6.47. The van der Waals surface area contributed by atoms with Gasteiger partial charge in [-0.3, -0.25) is 4.79 Å². The van der Waals surface area contributed by atoms with Crippen LogP contribution in [0.25, 0.3) is 0 Å². The molecule has 2 aromatic rings. The van der Waals surface area contributed by atoms with Gasteiger partial charge in [0.25, 0.3) is 5.91 Å². The zero-order chi connectivity index (χ0) is 20.3. The largest absolute Gasteiger partial charge is 0.336 e. The summed E-state index contributed by atoms with van der Waals surface area (Å²) in [5, 5.41) is 0. The number of rotatable bonds is 5. The first-order valence-electron chi connectivity index (χ1n) is 9.27. The molecule has 7 heteroatoms. The molecule has 1 aliphatic rings. The van der Waals surface area contributed by atoms with E-state index in [0.717, 1.165) is 22.4 Å². The minimum Gasteiger partial charge on any atom is -0.336 e. The highest BCUT2D eigenvalue weighted by Crippen LogP contribution is 2.23. The van der Waals surface area contributed by atoms with Gasteiger partial charge in [-0.2, -0.15) is 16.1 Å². The number of piperazine rings is 1. The van der Waals surface area contributed by atoms with Gasteiger partial charge in [-0.25, -0.2) is 8.42 Å². The van der Waals surface area contributed by atoms with Gasteiger partial charge in [-0.05, 0) is 49.4 Å². The van der Waals surface area contributed by atoms with Crippen molar-refractivity contribution in [2.75, 3.05) is 32.4 Å². The summed E-state index contributed by atoms with van der Waals surface area (Å²) in [5.41, 5.74) is 3.58. The molecule has 0 spiro atoms. The lowest BCUT2D eigenvalue weighted by Gasteiger charge is -2.34. The third-order valence-corrected chi connectivity index (χ3v) is 7.64. The predicted molar refractivity (Wildman–Crippen MR) is 114 cm³/mol. The number of sulfonamides is 1. The summed E-state index contributed by atoms with van der Waals surface area (Å²) in [4.78, 5) is 14.9. The van der Waals surface area contributed by atoms with Crippen LogP contribution < -0.4 is 0 Å². The summed E-state index contributed by atoms with van der Waals surface area (Å²) in [5.74, 6) is 0.828. The summed E-state index contributed by atoms with van der Waals surface area (Å²) < 4.78 is 27.5. The molecule has 0 saturated carbocycles. The minimum absolute atomic E-state index is 0.0356. The van der Waals surface area contributed by atoms with E-state index < -0.39 is 10.0 Å². The quantitative estimate of drug-likeness (QED) is 0.748. The third-order valence-electron chi connectivity index (χ3n) is 4.96. The molecule has 0 aromatic heterocycles. The Hall–Kier alpha value is -1.83. The molecule has 1 saturated heterocycles. The first-order valence-corrected chi connectivity index (χ1v) is 12.1. The fourth-order valence-corrected chi connectivity index (χ4v) is 5.64. The Morgan fingerprint density at radius 3 is 2.39 bits per heavy atom. The van der Waals surface area contributed by atoms with Crippen LogP contribution in [-0.4, -0.2) is 56.0 Å². The molecule has 1 heterocycles. The highest BCUT2D eigenvalue weighted by molar-refractivity contribution is 7.97. The second-order valence-electron chi connectivity index (χ2n) is 7.10. The van der Waals surface area contributed by atoms with E-state index in [2.05, 4.69) is 0 Å². The number of carbonyl (C=O) groups excluding carboxylic acids is 1. The number of hydrogen-bond donors (Lipinski definition) is 0. The molecule has 5 nitrogen and oxygen atoms in total. The number of nitrogens with zero attached hydrogens (tertiary/aromatic N) is 2. The van der Waals surface area contributed by atoms with E-state index in [1.165, 1.54) is 4.31 Å². The van der Waals surface area contributed by atoms with Crippen molar-refractivity contribution in [3.8, 4) is 0 Å². The van der Waals surface area contributed by atoms with Gasteiger partial charge >= 0.3 is 0 Å². The van der Waals surface area contributed by atoms with E-state index in [0.29, 0.717) is 36.6 Å².